The summed E-state index contributed by atoms with van der Waals surface area (Å²) in [6.07, 6.45) is -0.326. The van der Waals surface area contributed by atoms with Crippen LogP contribution in [0.1, 0.15) is 48.8 Å². The molecule has 8 heteroatoms. The number of likely N-dealkylation sites (tertiary alicyclic amines) is 1. The number of nitrogens with zero attached hydrogens (tertiary/aromatic N) is 1. The molecule has 0 unspecified atom stereocenters. The number of methoxy groups -OCH3 is 2. The minimum absolute atomic E-state index is 0.222. The van der Waals surface area contributed by atoms with Gasteiger partial charge in [-0.2, -0.15) is 0 Å². The summed E-state index contributed by atoms with van der Waals surface area (Å²) in [6, 6.07) is 2.65. The molecule has 1 fully saturated rings. The number of benzene rings is 1. The predicted octanol–water partition coefficient (Wildman–Crippen LogP) is 1.64. The first kappa shape index (κ1) is 19.0. The van der Waals surface area contributed by atoms with Gasteiger partial charge >= 0.3 is 5.97 Å². The number of amides is 2. The van der Waals surface area contributed by atoms with Crippen LogP contribution in [-0.2, 0) is 14.3 Å². The molecule has 0 aromatic heterocycles. The van der Waals surface area contributed by atoms with Gasteiger partial charge in [0.15, 0.2) is 11.5 Å². The molecule has 0 saturated carbocycles. The molecule has 2 aliphatic rings. The van der Waals surface area contributed by atoms with E-state index in [1.165, 1.54) is 19.1 Å². The van der Waals surface area contributed by atoms with Gasteiger partial charge in [-0.1, -0.05) is 13.8 Å². The number of hydrogen-bond acceptors (Lipinski definition) is 6. The molecular weight excluding hydrogens is 352 g/mol. The summed E-state index contributed by atoms with van der Waals surface area (Å²) in [4.78, 5) is 38.9. The van der Waals surface area contributed by atoms with E-state index in [4.69, 9.17) is 14.2 Å². The lowest BCUT2D eigenvalue weighted by Crippen LogP contribution is -2.47. The maximum atomic E-state index is 12.6. The molecule has 3 rings (SSSR count). The zero-order chi connectivity index (χ0) is 19.7. The Morgan fingerprint density at radius 2 is 2.04 bits per heavy atom. The highest BCUT2D eigenvalue weighted by Gasteiger charge is 2.47. The lowest BCUT2D eigenvalue weighted by atomic mass is 10.0. The number of cyclic esters (lactones) is 1. The summed E-state index contributed by atoms with van der Waals surface area (Å²) in [7, 11) is 2.91. The van der Waals surface area contributed by atoms with Gasteiger partial charge < -0.3 is 19.5 Å². The van der Waals surface area contributed by atoms with Gasteiger partial charge in [0.2, 0.25) is 18.0 Å². The minimum Gasteiger partial charge on any atom is -0.493 e. The smallest absolute Gasteiger partial charge is 0.344 e. The van der Waals surface area contributed by atoms with Gasteiger partial charge in [0.05, 0.1) is 14.2 Å². The molecule has 0 bridgehead atoms. The molecule has 2 atom stereocenters. The second-order valence-electron chi connectivity index (χ2n) is 7.02. The van der Waals surface area contributed by atoms with Crippen molar-refractivity contribution in [2.75, 3.05) is 20.8 Å². The van der Waals surface area contributed by atoms with E-state index >= 15 is 0 Å². The van der Waals surface area contributed by atoms with Crippen molar-refractivity contribution in [3.8, 4) is 11.5 Å². The number of esters is 1. The molecule has 8 nitrogen and oxygen atoms in total. The van der Waals surface area contributed by atoms with Crippen LogP contribution in [0.25, 0.3) is 0 Å². The summed E-state index contributed by atoms with van der Waals surface area (Å²) in [5.74, 6) is -0.115. The van der Waals surface area contributed by atoms with E-state index in [1.807, 2.05) is 13.8 Å². The Morgan fingerprint density at radius 1 is 1.30 bits per heavy atom. The SMILES string of the molecule is COc1ccc2c(c1OC)C(=O)O[C@@H]2N1C(=O)CC[C@@H]1C(=O)NCC(C)C. The van der Waals surface area contributed by atoms with Crippen molar-refractivity contribution in [1.82, 2.24) is 10.2 Å². The molecule has 0 aliphatic carbocycles. The van der Waals surface area contributed by atoms with E-state index in [0.29, 0.717) is 30.2 Å². The summed E-state index contributed by atoms with van der Waals surface area (Å²) in [5.41, 5.74) is 0.720. The Bertz CT molecular complexity index is 776. The van der Waals surface area contributed by atoms with Crippen LogP contribution in [0.3, 0.4) is 0 Å². The molecule has 0 radical (unpaired) electrons. The number of rotatable bonds is 6. The largest absolute Gasteiger partial charge is 0.493 e. The van der Waals surface area contributed by atoms with Crippen LogP contribution in [0, 0.1) is 5.92 Å². The number of fused-ring (bicyclic) bond motifs is 1. The van der Waals surface area contributed by atoms with Crippen LogP contribution < -0.4 is 14.8 Å². The fraction of sp³-hybridized carbons (Fsp3) is 0.526. The summed E-state index contributed by atoms with van der Waals surface area (Å²) < 4.78 is 16.0. The quantitative estimate of drug-likeness (QED) is 0.759. The topological polar surface area (TPSA) is 94.2 Å². The molecule has 2 heterocycles. The van der Waals surface area contributed by atoms with Crippen molar-refractivity contribution in [1.29, 1.82) is 0 Å². The van der Waals surface area contributed by atoms with Crippen LogP contribution in [0.15, 0.2) is 12.1 Å². The third-order valence-electron chi connectivity index (χ3n) is 4.76. The van der Waals surface area contributed by atoms with Gasteiger partial charge in [-0.3, -0.25) is 14.5 Å². The average molecular weight is 376 g/mol. The van der Waals surface area contributed by atoms with E-state index in [1.54, 1.807) is 12.1 Å². The van der Waals surface area contributed by atoms with E-state index in [-0.39, 0.29) is 29.5 Å². The Hall–Kier alpha value is -2.77. The zero-order valence-electron chi connectivity index (χ0n) is 15.9. The maximum absolute atomic E-state index is 12.6. The Balaban J connectivity index is 1.94. The van der Waals surface area contributed by atoms with E-state index in [9.17, 15) is 14.4 Å². The highest BCUT2D eigenvalue weighted by Crippen LogP contribution is 2.45. The lowest BCUT2D eigenvalue weighted by molar-refractivity contribution is -0.145. The van der Waals surface area contributed by atoms with Gasteiger partial charge in [0.25, 0.3) is 0 Å². The minimum atomic E-state index is -0.947. The fourth-order valence-corrected chi connectivity index (χ4v) is 3.47. The molecule has 1 aromatic carbocycles. The first-order valence-electron chi connectivity index (χ1n) is 8.93. The number of ether oxygens (including phenoxy) is 3. The molecule has 146 valence electrons. The Kier molecular flexibility index (Phi) is 5.25. The third-order valence-corrected chi connectivity index (χ3v) is 4.76. The van der Waals surface area contributed by atoms with Crippen LogP contribution in [0.2, 0.25) is 0 Å². The van der Waals surface area contributed by atoms with Gasteiger partial charge in [-0.25, -0.2) is 4.79 Å². The molecule has 1 N–H and O–H groups in total. The molecular formula is C19H24N2O6. The normalized spacial score (nSPS) is 21.3. The monoisotopic (exact) mass is 376 g/mol. The molecule has 2 amide bonds. The van der Waals surface area contributed by atoms with Gasteiger partial charge in [-0.05, 0) is 24.5 Å². The molecule has 2 aliphatic heterocycles. The standard InChI is InChI=1S/C19H24N2O6/c1-10(2)9-20-17(23)12-6-8-14(22)21(12)18-11-5-7-13(25-3)16(26-4)15(11)19(24)27-18/h5,7,10,12,18H,6,8-9H2,1-4H3,(H,20,23)/t12-,18+/m1/s1. The molecule has 0 spiro atoms. The first-order chi connectivity index (χ1) is 12.9. The van der Waals surface area contributed by atoms with Gasteiger partial charge in [0, 0.05) is 18.5 Å². The fourth-order valence-electron chi connectivity index (χ4n) is 3.47. The summed E-state index contributed by atoms with van der Waals surface area (Å²) in [6.45, 7) is 4.50. The van der Waals surface area contributed by atoms with Crippen LogP contribution in [-0.4, -0.2) is 49.5 Å². The zero-order valence-corrected chi connectivity index (χ0v) is 15.9. The van der Waals surface area contributed by atoms with Crippen molar-refractivity contribution in [3.05, 3.63) is 23.3 Å². The van der Waals surface area contributed by atoms with Gasteiger partial charge in [0.1, 0.15) is 11.6 Å². The number of hydrogen-bond donors (Lipinski definition) is 1. The average Bonchev–Trinajstić information content (AvgIpc) is 3.18. The van der Waals surface area contributed by atoms with E-state index < -0.39 is 18.2 Å². The van der Waals surface area contributed by atoms with Gasteiger partial charge in [-0.15, -0.1) is 0 Å². The molecule has 27 heavy (non-hydrogen) atoms. The third kappa shape index (κ3) is 3.31. The lowest BCUT2D eigenvalue weighted by Gasteiger charge is -2.29. The second-order valence-corrected chi connectivity index (χ2v) is 7.02. The maximum Gasteiger partial charge on any atom is 0.344 e. The second kappa shape index (κ2) is 7.46. The van der Waals surface area contributed by atoms with Crippen LogP contribution >= 0.6 is 0 Å². The van der Waals surface area contributed by atoms with Crippen molar-refractivity contribution in [3.63, 3.8) is 0 Å². The Labute approximate surface area is 157 Å². The van der Waals surface area contributed by atoms with E-state index in [0.717, 1.165) is 0 Å². The highest BCUT2D eigenvalue weighted by molar-refractivity contribution is 5.99. The van der Waals surface area contributed by atoms with Crippen LogP contribution in [0.5, 0.6) is 11.5 Å². The highest BCUT2D eigenvalue weighted by atomic mass is 16.6. The molecule has 1 saturated heterocycles. The Morgan fingerprint density at radius 3 is 2.67 bits per heavy atom. The number of carbonyl (C=O) groups excluding carboxylic acids is 3. The summed E-state index contributed by atoms with van der Waals surface area (Å²) >= 11 is 0. The predicted molar refractivity (Wildman–Crippen MR) is 95.4 cm³/mol. The van der Waals surface area contributed by atoms with Crippen molar-refractivity contribution in [2.24, 2.45) is 5.92 Å². The van der Waals surface area contributed by atoms with Crippen molar-refractivity contribution >= 4 is 17.8 Å². The number of nitrogens with one attached hydrogen (secondary N) is 1. The van der Waals surface area contributed by atoms with E-state index in [2.05, 4.69) is 5.32 Å². The van der Waals surface area contributed by atoms with Crippen molar-refractivity contribution in [2.45, 2.75) is 39.0 Å². The van der Waals surface area contributed by atoms with Crippen molar-refractivity contribution < 1.29 is 28.6 Å². The summed E-state index contributed by atoms with van der Waals surface area (Å²) in [5, 5.41) is 2.86. The molecule has 1 aromatic rings. The first-order valence-corrected chi connectivity index (χ1v) is 8.93. The number of carbonyl (C=O) groups is 3. The van der Waals surface area contributed by atoms with Crippen LogP contribution in [0.4, 0.5) is 0 Å².